The van der Waals surface area contributed by atoms with Crippen molar-refractivity contribution >= 4 is 23.4 Å². The third-order valence-corrected chi connectivity index (χ3v) is 4.52. The van der Waals surface area contributed by atoms with Crippen molar-refractivity contribution in [2.45, 2.75) is 18.0 Å². The van der Waals surface area contributed by atoms with E-state index in [2.05, 4.69) is 15.5 Å². The van der Waals surface area contributed by atoms with E-state index in [-0.39, 0.29) is 29.2 Å². The van der Waals surface area contributed by atoms with Gasteiger partial charge < -0.3 is 19.2 Å². The normalized spacial score (nSPS) is 11.2. The van der Waals surface area contributed by atoms with Crippen molar-refractivity contribution in [3.8, 4) is 11.5 Å². The molecule has 0 saturated heterocycles. The second-order valence-electron chi connectivity index (χ2n) is 5.78. The predicted molar refractivity (Wildman–Crippen MR) is 102 cm³/mol. The molecule has 158 valence electrons. The van der Waals surface area contributed by atoms with Gasteiger partial charge in [0.25, 0.3) is 11.1 Å². The molecule has 11 heteroatoms. The number of carbonyl (C=O) groups excluding carboxylic acids is 1. The predicted octanol–water partition coefficient (Wildman–Crippen LogP) is 4.41. The monoisotopic (exact) mass is 439 g/mol. The van der Waals surface area contributed by atoms with Gasteiger partial charge in [-0.2, -0.15) is 13.2 Å². The maximum absolute atomic E-state index is 13.0. The summed E-state index contributed by atoms with van der Waals surface area (Å²) in [7, 11) is 1.52. The lowest BCUT2D eigenvalue weighted by Gasteiger charge is -2.13. The van der Waals surface area contributed by atoms with Crippen LogP contribution in [0.15, 0.2) is 58.2 Å². The topological polar surface area (TPSA) is 86.5 Å². The first-order valence-electron chi connectivity index (χ1n) is 8.54. The van der Waals surface area contributed by atoms with Crippen LogP contribution < -0.4 is 14.8 Å². The van der Waals surface area contributed by atoms with Crippen molar-refractivity contribution in [3.05, 3.63) is 60.0 Å². The molecule has 1 heterocycles. The highest BCUT2D eigenvalue weighted by molar-refractivity contribution is 7.99. The van der Waals surface area contributed by atoms with Gasteiger partial charge in [-0.25, -0.2) is 0 Å². The smallest absolute Gasteiger partial charge is 0.418 e. The van der Waals surface area contributed by atoms with Crippen LogP contribution in [0.4, 0.5) is 18.9 Å². The minimum Gasteiger partial charge on any atom is -0.493 e. The number of thioether (sulfide) groups is 1. The maximum atomic E-state index is 13.0. The highest BCUT2D eigenvalue weighted by Gasteiger charge is 2.33. The summed E-state index contributed by atoms with van der Waals surface area (Å²) in [5, 5.41) is 9.93. The van der Waals surface area contributed by atoms with Gasteiger partial charge in [0, 0.05) is 0 Å². The minimum atomic E-state index is -4.57. The molecule has 0 radical (unpaired) electrons. The Bertz CT molecular complexity index is 1010. The molecule has 0 unspecified atom stereocenters. The molecular weight excluding hydrogens is 423 g/mol. The molecule has 1 amide bonds. The van der Waals surface area contributed by atoms with Crippen LogP contribution in [0.3, 0.4) is 0 Å². The number of nitrogens with zero attached hydrogens (tertiary/aromatic N) is 2. The average molecular weight is 439 g/mol. The van der Waals surface area contributed by atoms with E-state index in [0.29, 0.717) is 11.5 Å². The number of methoxy groups -OCH3 is 1. The Kier molecular flexibility index (Phi) is 6.83. The molecule has 30 heavy (non-hydrogen) atoms. The van der Waals surface area contributed by atoms with Crippen LogP contribution in [0, 0.1) is 0 Å². The van der Waals surface area contributed by atoms with Crippen LogP contribution in [-0.4, -0.2) is 29.0 Å². The fourth-order valence-corrected chi connectivity index (χ4v) is 2.97. The molecule has 2 aromatic carbocycles. The number of carbonyl (C=O) groups is 1. The number of amides is 1. The van der Waals surface area contributed by atoms with Crippen LogP contribution in [0.25, 0.3) is 0 Å². The van der Waals surface area contributed by atoms with E-state index >= 15 is 0 Å². The molecule has 3 rings (SSSR count). The zero-order valence-corrected chi connectivity index (χ0v) is 16.4. The molecule has 0 saturated carbocycles. The number of anilines is 1. The summed E-state index contributed by atoms with van der Waals surface area (Å²) in [5.74, 6) is 0.367. The Hall–Kier alpha value is -3.21. The minimum absolute atomic E-state index is 0.0148. The number of alkyl halides is 3. The van der Waals surface area contributed by atoms with Gasteiger partial charge in [-0.3, -0.25) is 4.79 Å². The molecule has 0 aliphatic heterocycles. The maximum Gasteiger partial charge on any atom is 0.418 e. The SMILES string of the molecule is COc1ccccc1OCc1nnc(SCC(=O)Nc2ccccc2C(F)(F)F)o1. The van der Waals surface area contributed by atoms with Gasteiger partial charge in [-0.05, 0) is 24.3 Å². The number of ether oxygens (including phenoxy) is 2. The highest BCUT2D eigenvalue weighted by atomic mass is 32.2. The van der Waals surface area contributed by atoms with Crippen LogP contribution >= 0.6 is 11.8 Å². The van der Waals surface area contributed by atoms with Crippen LogP contribution in [-0.2, 0) is 17.6 Å². The fraction of sp³-hybridized carbons (Fsp3) is 0.211. The lowest BCUT2D eigenvalue weighted by atomic mass is 10.1. The summed E-state index contributed by atoms with van der Waals surface area (Å²) < 4.78 is 55.1. The first-order chi connectivity index (χ1) is 14.4. The Morgan fingerprint density at radius 3 is 2.53 bits per heavy atom. The van der Waals surface area contributed by atoms with Gasteiger partial charge in [-0.15, -0.1) is 10.2 Å². The van der Waals surface area contributed by atoms with E-state index in [9.17, 15) is 18.0 Å². The number of benzene rings is 2. The van der Waals surface area contributed by atoms with Crippen molar-refractivity contribution in [1.29, 1.82) is 0 Å². The molecule has 0 bridgehead atoms. The number of rotatable bonds is 8. The largest absolute Gasteiger partial charge is 0.493 e. The molecule has 1 N–H and O–H groups in total. The summed E-state index contributed by atoms with van der Waals surface area (Å²) in [6, 6.07) is 11.8. The lowest BCUT2D eigenvalue weighted by molar-refractivity contribution is -0.137. The Labute approximate surface area is 173 Å². The average Bonchev–Trinajstić information content (AvgIpc) is 3.18. The van der Waals surface area contributed by atoms with E-state index < -0.39 is 17.6 Å². The van der Waals surface area contributed by atoms with Crippen molar-refractivity contribution in [3.63, 3.8) is 0 Å². The van der Waals surface area contributed by atoms with Gasteiger partial charge in [-0.1, -0.05) is 36.0 Å². The van der Waals surface area contributed by atoms with Crippen molar-refractivity contribution in [2.75, 3.05) is 18.2 Å². The van der Waals surface area contributed by atoms with E-state index in [1.807, 2.05) is 0 Å². The van der Waals surface area contributed by atoms with Crippen LogP contribution in [0.5, 0.6) is 11.5 Å². The van der Waals surface area contributed by atoms with E-state index in [0.717, 1.165) is 17.8 Å². The molecular formula is C19H16F3N3O4S. The molecule has 0 atom stereocenters. The van der Waals surface area contributed by atoms with Gasteiger partial charge in [0.2, 0.25) is 5.91 Å². The summed E-state index contributed by atoms with van der Waals surface area (Å²) in [6.07, 6.45) is -4.57. The standard InChI is InChI=1S/C19H16F3N3O4S/c1-27-14-8-4-5-9-15(14)28-10-17-24-25-18(29-17)30-11-16(26)23-13-7-3-2-6-12(13)19(20,21)22/h2-9H,10-11H2,1H3,(H,23,26). The molecule has 0 aliphatic rings. The van der Waals surface area contributed by atoms with Crippen molar-refractivity contribution in [2.24, 2.45) is 0 Å². The zero-order valence-electron chi connectivity index (χ0n) is 15.6. The number of halogens is 3. The van der Waals surface area contributed by atoms with E-state index in [4.69, 9.17) is 13.9 Å². The zero-order chi connectivity index (χ0) is 21.6. The fourth-order valence-electron chi connectivity index (χ4n) is 2.39. The first-order valence-corrected chi connectivity index (χ1v) is 9.52. The molecule has 7 nitrogen and oxygen atoms in total. The van der Waals surface area contributed by atoms with Gasteiger partial charge >= 0.3 is 6.18 Å². The molecule has 0 spiro atoms. The summed E-state index contributed by atoms with van der Waals surface area (Å²) >= 11 is 0.897. The number of nitrogens with one attached hydrogen (secondary N) is 1. The third kappa shape index (κ3) is 5.66. The second-order valence-corrected chi connectivity index (χ2v) is 6.71. The lowest BCUT2D eigenvalue weighted by Crippen LogP contribution is -2.18. The van der Waals surface area contributed by atoms with Gasteiger partial charge in [0.1, 0.15) is 0 Å². The molecule has 0 aliphatic carbocycles. The van der Waals surface area contributed by atoms with Crippen LogP contribution in [0.1, 0.15) is 11.5 Å². The second kappa shape index (κ2) is 9.53. The van der Waals surface area contributed by atoms with Crippen molar-refractivity contribution in [1.82, 2.24) is 10.2 Å². The van der Waals surface area contributed by atoms with Crippen LogP contribution in [0.2, 0.25) is 0 Å². The number of hydrogen-bond acceptors (Lipinski definition) is 7. The van der Waals surface area contributed by atoms with Crippen molar-refractivity contribution < 1.29 is 31.9 Å². The third-order valence-electron chi connectivity index (χ3n) is 3.70. The first kappa shape index (κ1) is 21.5. The van der Waals surface area contributed by atoms with E-state index in [1.54, 1.807) is 24.3 Å². The Morgan fingerprint density at radius 1 is 1.10 bits per heavy atom. The van der Waals surface area contributed by atoms with E-state index in [1.165, 1.54) is 25.3 Å². The summed E-state index contributed by atoms with van der Waals surface area (Å²) in [5.41, 5.74) is -1.23. The Balaban J connectivity index is 1.53. The molecule has 1 aromatic heterocycles. The van der Waals surface area contributed by atoms with Gasteiger partial charge in [0.05, 0.1) is 24.1 Å². The number of para-hydroxylation sites is 3. The Morgan fingerprint density at radius 2 is 1.80 bits per heavy atom. The highest BCUT2D eigenvalue weighted by Crippen LogP contribution is 2.34. The molecule has 0 fully saturated rings. The molecule has 3 aromatic rings. The quantitative estimate of drug-likeness (QED) is 0.521. The number of aromatic nitrogens is 2. The summed E-state index contributed by atoms with van der Waals surface area (Å²) in [6.45, 7) is -0.0148. The number of hydrogen-bond donors (Lipinski definition) is 1. The van der Waals surface area contributed by atoms with Gasteiger partial charge in [0.15, 0.2) is 18.1 Å². The summed E-state index contributed by atoms with van der Waals surface area (Å²) in [4.78, 5) is 12.0.